The normalized spacial score (nSPS) is 11.4. The molecule has 9 nitrogen and oxygen atoms in total. The highest BCUT2D eigenvalue weighted by molar-refractivity contribution is 9.10. The van der Waals surface area contributed by atoms with Gasteiger partial charge in [-0.05, 0) is 30.3 Å². The number of nitro benzene ring substituents is 1. The standard InChI is InChI=1S/C14H12BrN3O6S/c1-24-13-7-9(6-12(14(13)19)18(20)21)8-16-17-25(22,23)11-4-2-10(15)3-5-11/h2-8,17,19H,1H3/b16-8+. The van der Waals surface area contributed by atoms with Gasteiger partial charge in [-0.2, -0.15) is 13.5 Å². The summed E-state index contributed by atoms with van der Waals surface area (Å²) in [5.74, 6) is -0.758. The highest BCUT2D eigenvalue weighted by atomic mass is 79.9. The van der Waals surface area contributed by atoms with Crippen LogP contribution in [0.3, 0.4) is 0 Å². The van der Waals surface area contributed by atoms with Crippen molar-refractivity contribution in [2.75, 3.05) is 7.11 Å². The van der Waals surface area contributed by atoms with Crippen molar-refractivity contribution < 1.29 is 23.2 Å². The van der Waals surface area contributed by atoms with Gasteiger partial charge in [-0.3, -0.25) is 10.1 Å². The monoisotopic (exact) mass is 429 g/mol. The van der Waals surface area contributed by atoms with Crippen LogP contribution in [-0.4, -0.2) is 31.8 Å². The Balaban J connectivity index is 2.26. The molecule has 2 aromatic rings. The predicted octanol–water partition coefficient (Wildman–Crippen LogP) is 2.38. The van der Waals surface area contributed by atoms with E-state index in [1.165, 1.54) is 25.3 Å². The first-order valence-electron chi connectivity index (χ1n) is 6.60. The number of halogens is 1. The van der Waals surface area contributed by atoms with Crippen molar-refractivity contribution in [3.63, 3.8) is 0 Å². The smallest absolute Gasteiger partial charge is 0.315 e. The lowest BCUT2D eigenvalue weighted by atomic mass is 10.2. The number of hydrogen-bond acceptors (Lipinski definition) is 7. The molecule has 0 aliphatic carbocycles. The minimum atomic E-state index is -3.88. The molecule has 0 unspecified atom stereocenters. The van der Waals surface area contributed by atoms with Gasteiger partial charge >= 0.3 is 5.69 Å². The maximum atomic E-state index is 12.1. The molecule has 0 aliphatic rings. The highest BCUT2D eigenvalue weighted by Crippen LogP contribution is 2.36. The quantitative estimate of drug-likeness (QED) is 0.411. The SMILES string of the molecule is COc1cc(/C=N/NS(=O)(=O)c2ccc(Br)cc2)cc([N+](=O)[O-])c1O. The second-order valence-corrected chi connectivity index (χ2v) is 7.23. The third-order valence-corrected chi connectivity index (χ3v) is 4.77. The summed E-state index contributed by atoms with van der Waals surface area (Å²) in [5.41, 5.74) is -0.420. The van der Waals surface area contributed by atoms with Crippen molar-refractivity contribution in [1.29, 1.82) is 0 Å². The topological polar surface area (TPSA) is 131 Å². The zero-order valence-corrected chi connectivity index (χ0v) is 15.1. The average Bonchev–Trinajstić information content (AvgIpc) is 2.56. The summed E-state index contributed by atoms with van der Waals surface area (Å²) in [5, 5.41) is 24.2. The minimum absolute atomic E-state index is 0.00196. The maximum absolute atomic E-state index is 12.1. The molecule has 0 saturated carbocycles. The Labute approximate surface area is 151 Å². The van der Waals surface area contributed by atoms with Crippen LogP contribution in [0.25, 0.3) is 0 Å². The molecular formula is C14H12BrN3O6S. The fourth-order valence-corrected chi connectivity index (χ4v) is 2.88. The Bertz CT molecular complexity index is 928. The first-order valence-corrected chi connectivity index (χ1v) is 8.88. The fraction of sp³-hybridized carbons (Fsp3) is 0.0714. The number of aromatic hydroxyl groups is 1. The van der Waals surface area contributed by atoms with Crippen LogP contribution in [0, 0.1) is 10.1 Å². The van der Waals surface area contributed by atoms with Gasteiger partial charge in [-0.1, -0.05) is 15.9 Å². The van der Waals surface area contributed by atoms with Gasteiger partial charge < -0.3 is 9.84 Å². The molecule has 132 valence electrons. The van der Waals surface area contributed by atoms with E-state index in [4.69, 9.17) is 4.74 Å². The number of sulfonamides is 1. The molecule has 0 bridgehead atoms. The van der Waals surface area contributed by atoms with E-state index in [0.717, 1.165) is 16.8 Å². The van der Waals surface area contributed by atoms with Gasteiger partial charge in [0.05, 0.1) is 23.1 Å². The number of methoxy groups -OCH3 is 1. The Kier molecular flexibility index (Phi) is 5.59. The van der Waals surface area contributed by atoms with E-state index in [9.17, 15) is 23.6 Å². The van der Waals surface area contributed by atoms with Crippen molar-refractivity contribution in [3.8, 4) is 11.5 Å². The van der Waals surface area contributed by atoms with Crippen LogP contribution >= 0.6 is 15.9 Å². The van der Waals surface area contributed by atoms with Gasteiger partial charge in [0.1, 0.15) is 0 Å². The molecule has 0 spiro atoms. The molecule has 0 aliphatic heterocycles. The summed E-state index contributed by atoms with van der Waals surface area (Å²) < 4.78 is 29.7. The van der Waals surface area contributed by atoms with Crippen molar-refractivity contribution in [2.45, 2.75) is 4.90 Å². The van der Waals surface area contributed by atoms with Crippen LogP contribution in [0.5, 0.6) is 11.5 Å². The van der Waals surface area contributed by atoms with Crippen molar-refractivity contribution in [1.82, 2.24) is 4.83 Å². The number of hydrazone groups is 1. The molecule has 0 saturated heterocycles. The number of hydrogen-bond donors (Lipinski definition) is 2. The lowest BCUT2D eigenvalue weighted by molar-refractivity contribution is -0.386. The second-order valence-electron chi connectivity index (χ2n) is 4.65. The van der Waals surface area contributed by atoms with E-state index in [0.29, 0.717) is 0 Å². The van der Waals surface area contributed by atoms with E-state index in [1.807, 2.05) is 4.83 Å². The number of rotatable bonds is 6. The third-order valence-electron chi connectivity index (χ3n) is 3.00. The number of nitrogens with zero attached hydrogens (tertiary/aromatic N) is 2. The molecule has 0 atom stereocenters. The summed E-state index contributed by atoms with van der Waals surface area (Å²) in [4.78, 5) is 12.1. The summed E-state index contributed by atoms with van der Waals surface area (Å²) in [6, 6.07) is 8.21. The largest absolute Gasteiger partial charge is 0.500 e. The number of benzene rings is 2. The molecule has 25 heavy (non-hydrogen) atoms. The number of phenols is 1. The third kappa shape index (κ3) is 4.45. The fourth-order valence-electron chi connectivity index (χ4n) is 1.82. The molecule has 0 heterocycles. The molecule has 2 N–H and O–H groups in total. The van der Waals surface area contributed by atoms with Crippen LogP contribution in [0.2, 0.25) is 0 Å². The molecule has 0 amide bonds. The van der Waals surface area contributed by atoms with E-state index >= 15 is 0 Å². The van der Waals surface area contributed by atoms with E-state index in [2.05, 4.69) is 21.0 Å². The summed E-state index contributed by atoms with van der Waals surface area (Å²) in [6.45, 7) is 0. The van der Waals surface area contributed by atoms with E-state index in [-0.39, 0.29) is 16.2 Å². The van der Waals surface area contributed by atoms with Gasteiger partial charge in [0.2, 0.25) is 5.75 Å². The first-order chi connectivity index (χ1) is 11.7. The number of phenolic OH excluding ortho intramolecular Hbond substituents is 1. The molecule has 0 aromatic heterocycles. The lowest BCUT2D eigenvalue weighted by Gasteiger charge is -2.05. The number of nitrogens with one attached hydrogen (secondary N) is 1. The Hall–Kier alpha value is -2.66. The number of ether oxygens (including phenoxy) is 1. The predicted molar refractivity (Wildman–Crippen MR) is 93.4 cm³/mol. The number of nitro groups is 1. The van der Waals surface area contributed by atoms with Crippen LogP contribution in [0.15, 0.2) is 50.9 Å². The van der Waals surface area contributed by atoms with Crippen molar-refractivity contribution in [3.05, 3.63) is 56.5 Å². The minimum Gasteiger partial charge on any atom is -0.500 e. The zero-order chi connectivity index (χ0) is 18.6. The first kappa shape index (κ1) is 18.7. The van der Waals surface area contributed by atoms with Crippen molar-refractivity contribution in [2.24, 2.45) is 5.10 Å². The summed E-state index contributed by atoms with van der Waals surface area (Å²) in [6.07, 6.45) is 1.06. The lowest BCUT2D eigenvalue weighted by Crippen LogP contribution is -2.18. The summed E-state index contributed by atoms with van der Waals surface area (Å²) >= 11 is 3.20. The average molecular weight is 430 g/mol. The maximum Gasteiger partial charge on any atom is 0.315 e. The van der Waals surface area contributed by atoms with Crippen LogP contribution in [0.1, 0.15) is 5.56 Å². The van der Waals surface area contributed by atoms with Gasteiger partial charge in [-0.25, -0.2) is 4.83 Å². The van der Waals surface area contributed by atoms with Gasteiger partial charge in [-0.15, -0.1) is 0 Å². The zero-order valence-electron chi connectivity index (χ0n) is 12.7. The molecule has 0 radical (unpaired) electrons. The molecule has 11 heteroatoms. The molecular weight excluding hydrogens is 418 g/mol. The Morgan fingerprint density at radius 2 is 1.96 bits per heavy atom. The van der Waals surface area contributed by atoms with Gasteiger partial charge in [0.15, 0.2) is 5.75 Å². The molecule has 2 aromatic carbocycles. The van der Waals surface area contributed by atoms with Gasteiger partial charge in [0, 0.05) is 16.1 Å². The Morgan fingerprint density at radius 3 is 2.52 bits per heavy atom. The van der Waals surface area contributed by atoms with Gasteiger partial charge in [0.25, 0.3) is 10.0 Å². The van der Waals surface area contributed by atoms with Crippen LogP contribution in [0.4, 0.5) is 5.69 Å². The Morgan fingerprint density at radius 1 is 1.32 bits per heavy atom. The van der Waals surface area contributed by atoms with Crippen molar-refractivity contribution >= 4 is 37.9 Å². The van der Waals surface area contributed by atoms with E-state index in [1.54, 1.807) is 12.1 Å². The van der Waals surface area contributed by atoms with E-state index < -0.39 is 26.4 Å². The molecule has 2 rings (SSSR count). The molecule has 0 fully saturated rings. The van der Waals surface area contributed by atoms with Crippen LogP contribution in [-0.2, 0) is 10.0 Å². The van der Waals surface area contributed by atoms with Crippen LogP contribution < -0.4 is 9.57 Å². The highest BCUT2D eigenvalue weighted by Gasteiger charge is 2.19. The second kappa shape index (κ2) is 7.49. The summed E-state index contributed by atoms with van der Waals surface area (Å²) in [7, 11) is -2.65.